The first kappa shape index (κ1) is 23.6. The summed E-state index contributed by atoms with van der Waals surface area (Å²) < 4.78 is 72.6. The Kier molecular flexibility index (Phi) is 6.44. The van der Waals surface area contributed by atoms with Crippen LogP contribution < -0.4 is 9.46 Å². The molecule has 1 aliphatic carbocycles. The number of sulfonamides is 1. The summed E-state index contributed by atoms with van der Waals surface area (Å²) in [5, 5.41) is 0. The zero-order valence-electron chi connectivity index (χ0n) is 18.0. The maximum Gasteiger partial charge on any atom is 0.433 e. The summed E-state index contributed by atoms with van der Waals surface area (Å²) in [5.41, 5.74) is -0.661. The number of imidazole rings is 1. The minimum absolute atomic E-state index is 0.138. The number of benzene rings is 1. The Bertz CT molecular complexity index is 1000. The molecule has 0 amide bonds. The van der Waals surface area contributed by atoms with Gasteiger partial charge in [0.1, 0.15) is 23.0 Å². The van der Waals surface area contributed by atoms with Gasteiger partial charge in [-0.25, -0.2) is 18.1 Å². The number of hydrogen-bond donors (Lipinski definition) is 2. The lowest BCUT2D eigenvalue weighted by Gasteiger charge is -2.30. The van der Waals surface area contributed by atoms with Crippen LogP contribution in [0.15, 0.2) is 24.3 Å². The molecular formula is C21H28F3N3O3S. The highest BCUT2D eigenvalue weighted by atomic mass is 32.2. The molecule has 2 N–H and O–H groups in total. The van der Waals surface area contributed by atoms with E-state index in [2.05, 4.69) is 14.7 Å². The summed E-state index contributed by atoms with van der Waals surface area (Å²) in [5.74, 6) is 0.642. The maximum absolute atomic E-state index is 13.6. The van der Waals surface area contributed by atoms with Gasteiger partial charge in [-0.15, -0.1) is 0 Å². The summed E-state index contributed by atoms with van der Waals surface area (Å²) in [4.78, 5) is 6.81. The van der Waals surface area contributed by atoms with Crippen LogP contribution >= 0.6 is 0 Å². The van der Waals surface area contributed by atoms with Crippen LogP contribution in [0.2, 0.25) is 0 Å². The Morgan fingerprint density at radius 3 is 2.13 bits per heavy atom. The van der Waals surface area contributed by atoms with E-state index in [1.54, 1.807) is 45.0 Å². The molecule has 1 aromatic carbocycles. The van der Waals surface area contributed by atoms with Crippen LogP contribution in [0.1, 0.15) is 63.9 Å². The number of nitrogens with zero attached hydrogens (tertiary/aromatic N) is 1. The predicted molar refractivity (Wildman–Crippen MR) is 112 cm³/mol. The van der Waals surface area contributed by atoms with Crippen LogP contribution in [0.25, 0.3) is 11.3 Å². The number of aromatic amines is 1. The fourth-order valence-corrected chi connectivity index (χ4v) is 4.66. The molecule has 3 rings (SSSR count). The number of aromatic nitrogens is 2. The fourth-order valence-electron chi connectivity index (χ4n) is 3.63. The molecule has 0 saturated heterocycles. The number of nitrogens with one attached hydrogen (secondary N) is 2. The van der Waals surface area contributed by atoms with E-state index in [1.807, 2.05) is 0 Å². The first-order valence-electron chi connectivity index (χ1n) is 10.1. The third-order valence-electron chi connectivity index (χ3n) is 5.61. The SMILES string of the molecule is COc1ccc(-c2nc([C@H]3CC[C@H](NS(=O)(=O)C(C)(C)C)CC3)[nH]c2C(F)(F)F)cc1. The molecule has 1 aromatic heterocycles. The van der Waals surface area contributed by atoms with Crippen molar-refractivity contribution in [3.63, 3.8) is 0 Å². The largest absolute Gasteiger partial charge is 0.497 e. The quantitative estimate of drug-likeness (QED) is 0.670. The van der Waals surface area contributed by atoms with E-state index in [0.717, 1.165) is 0 Å². The maximum atomic E-state index is 13.6. The van der Waals surface area contributed by atoms with E-state index in [1.165, 1.54) is 7.11 Å². The third kappa shape index (κ3) is 5.23. The zero-order valence-corrected chi connectivity index (χ0v) is 18.8. The van der Waals surface area contributed by atoms with Gasteiger partial charge in [0, 0.05) is 17.5 Å². The highest BCUT2D eigenvalue weighted by Crippen LogP contribution is 2.39. The number of alkyl halides is 3. The van der Waals surface area contributed by atoms with Crippen molar-refractivity contribution in [2.24, 2.45) is 0 Å². The van der Waals surface area contributed by atoms with Gasteiger partial charge in [0.25, 0.3) is 0 Å². The molecule has 0 atom stereocenters. The van der Waals surface area contributed by atoms with Gasteiger partial charge in [-0.1, -0.05) is 0 Å². The summed E-state index contributed by atoms with van der Waals surface area (Å²) >= 11 is 0. The molecule has 1 saturated carbocycles. The van der Waals surface area contributed by atoms with Crippen molar-refractivity contribution >= 4 is 10.0 Å². The average Bonchev–Trinajstić information content (AvgIpc) is 3.13. The number of methoxy groups -OCH3 is 1. The molecule has 0 unspecified atom stereocenters. The lowest BCUT2D eigenvalue weighted by atomic mass is 9.86. The van der Waals surface area contributed by atoms with Crippen LogP contribution in [0.4, 0.5) is 13.2 Å². The van der Waals surface area contributed by atoms with Crippen LogP contribution in [0.5, 0.6) is 5.75 Å². The van der Waals surface area contributed by atoms with Crippen molar-refractivity contribution in [2.75, 3.05) is 7.11 Å². The Morgan fingerprint density at radius 2 is 1.65 bits per heavy atom. The second kappa shape index (κ2) is 8.46. The van der Waals surface area contributed by atoms with Crippen molar-refractivity contribution in [3.05, 3.63) is 35.8 Å². The molecule has 0 spiro atoms. The molecular weight excluding hydrogens is 431 g/mol. The Balaban J connectivity index is 1.79. The van der Waals surface area contributed by atoms with E-state index < -0.39 is 26.6 Å². The molecule has 10 heteroatoms. The van der Waals surface area contributed by atoms with Gasteiger partial charge in [0.15, 0.2) is 0 Å². The second-order valence-corrected chi connectivity index (χ2v) is 11.3. The topological polar surface area (TPSA) is 84.1 Å². The van der Waals surface area contributed by atoms with Crippen molar-refractivity contribution in [3.8, 4) is 17.0 Å². The van der Waals surface area contributed by atoms with Gasteiger partial charge in [0.2, 0.25) is 10.0 Å². The monoisotopic (exact) mass is 459 g/mol. The first-order valence-corrected chi connectivity index (χ1v) is 11.6. The molecule has 0 bridgehead atoms. The number of halogens is 3. The van der Waals surface area contributed by atoms with Crippen LogP contribution in [-0.4, -0.2) is 36.3 Å². The van der Waals surface area contributed by atoms with Crippen molar-refractivity contribution < 1.29 is 26.3 Å². The standard InChI is InChI=1S/C21H28F3N3O3S/c1-20(2,3)31(28,29)27-15-9-5-14(6-10-15)19-25-17(18(26-19)21(22,23)24)13-7-11-16(30-4)12-8-13/h7-8,11-12,14-15,27H,5-6,9-10H2,1-4H3,(H,25,26)/t14-,15-. The summed E-state index contributed by atoms with van der Waals surface area (Å²) in [6, 6.07) is 6.06. The molecule has 0 radical (unpaired) electrons. The lowest BCUT2D eigenvalue weighted by Crippen LogP contribution is -2.45. The highest BCUT2D eigenvalue weighted by molar-refractivity contribution is 7.90. The van der Waals surface area contributed by atoms with E-state index in [4.69, 9.17) is 4.74 Å². The van der Waals surface area contributed by atoms with Crippen LogP contribution in [0.3, 0.4) is 0 Å². The molecule has 2 aromatic rings. The van der Waals surface area contributed by atoms with Crippen molar-refractivity contribution in [2.45, 2.75) is 69.3 Å². The molecule has 1 aliphatic rings. The third-order valence-corrected chi connectivity index (χ3v) is 7.87. The van der Waals surface area contributed by atoms with E-state index in [9.17, 15) is 21.6 Å². The Hall–Kier alpha value is -2.07. The average molecular weight is 460 g/mol. The van der Waals surface area contributed by atoms with Crippen LogP contribution in [-0.2, 0) is 16.2 Å². The molecule has 31 heavy (non-hydrogen) atoms. The summed E-state index contributed by atoms with van der Waals surface area (Å²) in [6.07, 6.45) is -2.39. The second-order valence-electron chi connectivity index (χ2n) is 8.85. The number of H-pyrrole nitrogens is 1. The van der Waals surface area contributed by atoms with Gasteiger partial charge in [0.05, 0.1) is 11.9 Å². The van der Waals surface area contributed by atoms with Gasteiger partial charge in [-0.05, 0) is 70.7 Å². The molecule has 6 nitrogen and oxygen atoms in total. The number of hydrogen-bond acceptors (Lipinski definition) is 4. The van der Waals surface area contributed by atoms with E-state index >= 15 is 0 Å². The number of ether oxygens (including phenoxy) is 1. The predicted octanol–water partition coefficient (Wildman–Crippen LogP) is 4.85. The Morgan fingerprint density at radius 1 is 1.06 bits per heavy atom. The van der Waals surface area contributed by atoms with Crippen molar-refractivity contribution in [1.82, 2.24) is 14.7 Å². The molecule has 1 heterocycles. The van der Waals surface area contributed by atoms with Crippen molar-refractivity contribution in [1.29, 1.82) is 0 Å². The molecule has 172 valence electrons. The summed E-state index contributed by atoms with van der Waals surface area (Å²) in [7, 11) is -1.99. The van der Waals surface area contributed by atoms with Gasteiger partial charge < -0.3 is 9.72 Å². The molecule has 1 fully saturated rings. The van der Waals surface area contributed by atoms with Gasteiger partial charge in [-0.2, -0.15) is 13.2 Å². The number of rotatable bonds is 5. The van der Waals surface area contributed by atoms with Gasteiger partial charge in [-0.3, -0.25) is 0 Å². The van der Waals surface area contributed by atoms with E-state index in [0.29, 0.717) is 37.0 Å². The summed E-state index contributed by atoms with van der Waals surface area (Å²) in [6.45, 7) is 4.88. The minimum atomic E-state index is -4.57. The Labute approximate surface area is 180 Å². The first-order chi connectivity index (χ1) is 14.3. The smallest absolute Gasteiger partial charge is 0.433 e. The normalized spacial score (nSPS) is 20.6. The molecule has 0 aliphatic heterocycles. The van der Waals surface area contributed by atoms with E-state index in [-0.39, 0.29) is 23.5 Å². The minimum Gasteiger partial charge on any atom is -0.497 e. The van der Waals surface area contributed by atoms with Crippen LogP contribution in [0, 0.1) is 0 Å². The lowest BCUT2D eigenvalue weighted by molar-refractivity contribution is -0.140. The van der Waals surface area contributed by atoms with Gasteiger partial charge >= 0.3 is 6.18 Å². The zero-order chi connectivity index (χ0) is 23.0. The fraction of sp³-hybridized carbons (Fsp3) is 0.571. The highest BCUT2D eigenvalue weighted by Gasteiger charge is 2.39.